The Balaban J connectivity index is 2.37. The van der Waals surface area contributed by atoms with Crippen LogP contribution in [0.5, 0.6) is 0 Å². The average Bonchev–Trinajstić information content (AvgIpc) is 2.37. The van der Waals surface area contributed by atoms with Crippen LogP contribution < -0.4 is 5.32 Å². The number of nitrogens with one attached hydrogen (secondary N) is 1. The molecule has 0 aliphatic carbocycles. The molecule has 0 atom stereocenters. The van der Waals surface area contributed by atoms with E-state index in [0.29, 0.717) is 0 Å². The Kier molecular flexibility index (Phi) is 6.47. The highest BCUT2D eigenvalue weighted by Gasteiger charge is 2.31. The Labute approximate surface area is 103 Å². The minimum atomic E-state index is -0.223. The van der Waals surface area contributed by atoms with Crippen molar-refractivity contribution in [1.29, 1.82) is 0 Å². The molecule has 0 radical (unpaired) electrons. The van der Waals surface area contributed by atoms with E-state index in [0.717, 1.165) is 45.6 Å². The highest BCUT2D eigenvalue weighted by atomic mass is 16.5. The molecule has 0 bridgehead atoms. The van der Waals surface area contributed by atoms with Crippen molar-refractivity contribution in [2.45, 2.75) is 19.3 Å². The molecule has 1 aliphatic rings. The second-order valence-electron chi connectivity index (χ2n) is 4.53. The number of hydrogen-bond donors (Lipinski definition) is 1. The molecule has 0 aromatic rings. The Hall–Kier alpha value is -0.650. The summed E-state index contributed by atoms with van der Waals surface area (Å²) in [4.78, 5) is 11.0. The van der Waals surface area contributed by atoms with Crippen LogP contribution in [0.2, 0.25) is 0 Å². The van der Waals surface area contributed by atoms with E-state index in [1.807, 2.05) is 0 Å². The number of rotatable bonds is 7. The third-order valence-corrected chi connectivity index (χ3v) is 3.39. The maximum Gasteiger partial charge on any atom is 0.319 e. The molecule has 1 saturated heterocycles. The van der Waals surface area contributed by atoms with Gasteiger partial charge in [-0.15, -0.1) is 0 Å². The molecule has 17 heavy (non-hydrogen) atoms. The summed E-state index contributed by atoms with van der Waals surface area (Å²) < 4.78 is 15.2. The average molecular weight is 245 g/mol. The van der Waals surface area contributed by atoms with Crippen molar-refractivity contribution >= 4 is 5.97 Å². The van der Waals surface area contributed by atoms with Crippen molar-refractivity contribution in [2.24, 2.45) is 5.41 Å². The molecule has 1 rings (SSSR count). The molecule has 0 aromatic heterocycles. The normalized spacial score (nSPS) is 18.9. The van der Waals surface area contributed by atoms with Crippen LogP contribution >= 0.6 is 0 Å². The van der Waals surface area contributed by atoms with Gasteiger partial charge in [-0.25, -0.2) is 0 Å². The van der Waals surface area contributed by atoms with E-state index in [1.54, 1.807) is 7.11 Å². The Bertz CT molecular complexity index is 227. The predicted molar refractivity (Wildman–Crippen MR) is 63.9 cm³/mol. The van der Waals surface area contributed by atoms with Crippen LogP contribution in [0.15, 0.2) is 0 Å². The summed E-state index contributed by atoms with van der Waals surface area (Å²) >= 11 is 0. The van der Waals surface area contributed by atoms with Gasteiger partial charge in [-0.1, -0.05) is 0 Å². The first kappa shape index (κ1) is 14.4. The maximum absolute atomic E-state index is 11.0. The second kappa shape index (κ2) is 7.63. The maximum atomic E-state index is 11.0. The van der Waals surface area contributed by atoms with Gasteiger partial charge in [0.25, 0.3) is 0 Å². The molecule has 1 heterocycles. The van der Waals surface area contributed by atoms with E-state index in [4.69, 9.17) is 9.47 Å². The quantitative estimate of drug-likeness (QED) is 0.665. The molecular weight excluding hydrogens is 222 g/mol. The Morgan fingerprint density at radius 2 is 2.06 bits per heavy atom. The minimum Gasteiger partial charge on any atom is -0.468 e. The van der Waals surface area contributed by atoms with Gasteiger partial charge in [0.05, 0.1) is 13.7 Å². The van der Waals surface area contributed by atoms with Gasteiger partial charge in [0.1, 0.15) is 0 Å². The van der Waals surface area contributed by atoms with Crippen molar-refractivity contribution in [1.82, 2.24) is 5.32 Å². The summed E-state index contributed by atoms with van der Waals surface area (Å²) in [6, 6.07) is 0. The fraction of sp³-hybridized carbons (Fsp3) is 0.917. The zero-order chi connectivity index (χ0) is 12.6. The summed E-state index contributed by atoms with van der Waals surface area (Å²) in [5.41, 5.74) is 0.197. The van der Waals surface area contributed by atoms with Gasteiger partial charge in [0.2, 0.25) is 0 Å². The van der Waals surface area contributed by atoms with Gasteiger partial charge in [-0.3, -0.25) is 4.79 Å². The van der Waals surface area contributed by atoms with Crippen molar-refractivity contribution < 1.29 is 19.0 Å². The van der Waals surface area contributed by atoms with E-state index >= 15 is 0 Å². The molecule has 1 aliphatic heterocycles. The third kappa shape index (κ3) is 5.02. The van der Waals surface area contributed by atoms with Gasteiger partial charge in [0.15, 0.2) is 0 Å². The summed E-state index contributed by atoms with van der Waals surface area (Å²) in [5, 5.41) is 3.17. The lowest BCUT2D eigenvalue weighted by Gasteiger charge is -2.37. The van der Waals surface area contributed by atoms with Gasteiger partial charge < -0.3 is 19.5 Å². The first-order valence-electron chi connectivity index (χ1n) is 6.07. The van der Waals surface area contributed by atoms with Crippen LogP contribution in [0.1, 0.15) is 19.3 Å². The van der Waals surface area contributed by atoms with E-state index in [1.165, 1.54) is 7.11 Å². The molecule has 5 nitrogen and oxygen atoms in total. The lowest BCUT2D eigenvalue weighted by molar-refractivity contribution is -0.139. The smallest absolute Gasteiger partial charge is 0.319 e. The largest absolute Gasteiger partial charge is 0.468 e. The monoisotopic (exact) mass is 245 g/mol. The predicted octanol–water partition coefficient (Wildman–Crippen LogP) is 0.582. The Morgan fingerprint density at radius 3 is 2.65 bits per heavy atom. The number of carbonyl (C=O) groups excluding carboxylic acids is 1. The van der Waals surface area contributed by atoms with Crippen molar-refractivity contribution in [3.8, 4) is 0 Å². The highest BCUT2D eigenvalue weighted by molar-refractivity contribution is 5.71. The van der Waals surface area contributed by atoms with Crippen LogP contribution in [0.25, 0.3) is 0 Å². The fourth-order valence-corrected chi connectivity index (χ4v) is 2.14. The molecule has 0 aromatic carbocycles. The van der Waals surface area contributed by atoms with E-state index in [-0.39, 0.29) is 17.9 Å². The van der Waals surface area contributed by atoms with E-state index in [2.05, 4.69) is 10.1 Å². The molecule has 5 heteroatoms. The molecule has 0 amide bonds. The van der Waals surface area contributed by atoms with Gasteiger partial charge >= 0.3 is 5.97 Å². The number of methoxy groups -OCH3 is 2. The molecule has 0 unspecified atom stereocenters. The highest BCUT2D eigenvalue weighted by Crippen LogP contribution is 2.33. The van der Waals surface area contributed by atoms with Crippen LogP contribution in [0, 0.1) is 5.41 Å². The molecule has 100 valence electrons. The lowest BCUT2D eigenvalue weighted by Crippen LogP contribution is -2.41. The number of hydrogen-bond acceptors (Lipinski definition) is 5. The van der Waals surface area contributed by atoms with E-state index < -0.39 is 0 Å². The second-order valence-corrected chi connectivity index (χ2v) is 4.53. The summed E-state index contributed by atoms with van der Waals surface area (Å²) in [6.07, 6.45) is 3.04. The lowest BCUT2D eigenvalue weighted by atomic mass is 9.77. The molecule has 0 spiro atoms. The fourth-order valence-electron chi connectivity index (χ4n) is 2.14. The summed E-state index contributed by atoms with van der Waals surface area (Å²) in [7, 11) is 3.12. The standard InChI is InChI=1S/C12H23NO4/c1-15-6-3-12(4-7-17-8-5-12)10-13-9-11(14)16-2/h13H,3-10H2,1-2H3. The number of esters is 1. The zero-order valence-electron chi connectivity index (χ0n) is 10.8. The first-order chi connectivity index (χ1) is 8.22. The molecule has 1 N–H and O–H groups in total. The van der Waals surface area contributed by atoms with Gasteiger partial charge in [-0.2, -0.15) is 0 Å². The van der Waals surface area contributed by atoms with Crippen LogP contribution in [-0.2, 0) is 19.0 Å². The Morgan fingerprint density at radius 1 is 1.35 bits per heavy atom. The molecule has 0 saturated carbocycles. The van der Waals surface area contributed by atoms with Crippen molar-refractivity contribution in [3.63, 3.8) is 0 Å². The SMILES string of the molecule is COCCC1(CNCC(=O)OC)CCOCC1. The van der Waals surface area contributed by atoms with Crippen LogP contribution in [0.3, 0.4) is 0 Å². The summed E-state index contributed by atoms with van der Waals surface area (Å²) in [6.45, 7) is 3.42. The van der Waals surface area contributed by atoms with Crippen LogP contribution in [0.4, 0.5) is 0 Å². The van der Waals surface area contributed by atoms with Gasteiger partial charge in [-0.05, 0) is 24.7 Å². The van der Waals surface area contributed by atoms with Crippen molar-refractivity contribution in [2.75, 3.05) is 47.1 Å². The molecule has 1 fully saturated rings. The summed E-state index contributed by atoms with van der Waals surface area (Å²) in [5.74, 6) is -0.223. The molecular formula is C12H23NO4. The third-order valence-electron chi connectivity index (χ3n) is 3.39. The number of carbonyl (C=O) groups is 1. The number of ether oxygens (including phenoxy) is 3. The van der Waals surface area contributed by atoms with E-state index in [9.17, 15) is 4.79 Å². The zero-order valence-corrected chi connectivity index (χ0v) is 10.8. The topological polar surface area (TPSA) is 56.8 Å². The van der Waals surface area contributed by atoms with Crippen LogP contribution in [-0.4, -0.2) is 53.1 Å². The first-order valence-corrected chi connectivity index (χ1v) is 6.07. The minimum absolute atomic E-state index is 0.197. The van der Waals surface area contributed by atoms with Crippen molar-refractivity contribution in [3.05, 3.63) is 0 Å². The van der Waals surface area contributed by atoms with Gasteiger partial charge in [0, 0.05) is 33.5 Å².